The van der Waals surface area contributed by atoms with Gasteiger partial charge in [-0.05, 0) is 72.5 Å². The van der Waals surface area contributed by atoms with Crippen molar-refractivity contribution in [2.75, 3.05) is 7.11 Å². The van der Waals surface area contributed by atoms with Gasteiger partial charge in [-0.1, -0.05) is 73.9 Å². The highest BCUT2D eigenvalue weighted by Gasteiger charge is 2.45. The van der Waals surface area contributed by atoms with Crippen LogP contribution in [0.25, 0.3) is 0 Å². The Kier molecular flexibility index (Phi) is 7.87. The Labute approximate surface area is 180 Å². The summed E-state index contributed by atoms with van der Waals surface area (Å²) < 4.78 is 12.3. The first-order valence-electron chi connectivity index (χ1n) is 11.7. The molecule has 2 rings (SSSR count). The maximum Gasteiger partial charge on any atom is 0.205 e. The summed E-state index contributed by atoms with van der Waals surface area (Å²) >= 11 is 0. The molecule has 0 heterocycles. The number of hydrogen-bond donors (Lipinski definition) is 0. The maximum atomic E-state index is 6.43. The Bertz CT molecular complexity index is 619. The lowest BCUT2D eigenvalue weighted by molar-refractivity contribution is -0.141. The van der Waals surface area contributed by atoms with Gasteiger partial charge in [0.25, 0.3) is 0 Å². The van der Waals surface area contributed by atoms with Crippen LogP contribution in [0.3, 0.4) is 0 Å². The van der Waals surface area contributed by atoms with Gasteiger partial charge >= 0.3 is 0 Å². The van der Waals surface area contributed by atoms with Crippen LogP contribution >= 0.6 is 0 Å². The van der Waals surface area contributed by atoms with E-state index in [1.807, 2.05) is 0 Å². The molecule has 0 aliphatic heterocycles. The third-order valence-corrected chi connectivity index (χ3v) is 7.13. The second kappa shape index (κ2) is 9.41. The van der Waals surface area contributed by atoms with E-state index in [9.17, 15) is 0 Å². The zero-order valence-electron chi connectivity index (χ0n) is 20.6. The fourth-order valence-corrected chi connectivity index (χ4v) is 5.18. The van der Waals surface area contributed by atoms with Crippen LogP contribution in [0, 0.1) is 22.2 Å². The second-order valence-electron chi connectivity index (χ2n) is 11.7. The van der Waals surface area contributed by atoms with Gasteiger partial charge in [-0.25, -0.2) is 0 Å². The molecule has 29 heavy (non-hydrogen) atoms. The standard InChI is InChI=1S/C27H46O2/c1-10-20-16-17-27(11-2,18-20)24(28-9)29-22-14-12-21(13-15-22)23(26(6,7)8)19-25(3,4)5/h12-15,20,23-24H,10-11,16-19H2,1-9H3. The number of benzene rings is 1. The Balaban J connectivity index is 2.18. The molecule has 4 unspecified atom stereocenters. The molecular weight excluding hydrogens is 356 g/mol. The maximum absolute atomic E-state index is 6.43. The van der Waals surface area contributed by atoms with Gasteiger partial charge in [-0.3, -0.25) is 0 Å². The van der Waals surface area contributed by atoms with E-state index >= 15 is 0 Å². The molecule has 1 aromatic carbocycles. The monoisotopic (exact) mass is 402 g/mol. The predicted molar refractivity (Wildman–Crippen MR) is 124 cm³/mol. The van der Waals surface area contributed by atoms with E-state index in [0.717, 1.165) is 18.1 Å². The average molecular weight is 403 g/mol. The third-order valence-electron chi connectivity index (χ3n) is 7.13. The topological polar surface area (TPSA) is 18.5 Å². The van der Waals surface area contributed by atoms with E-state index in [0.29, 0.717) is 11.3 Å². The first kappa shape index (κ1) is 24.3. The molecule has 0 aromatic heterocycles. The summed E-state index contributed by atoms with van der Waals surface area (Å²) in [6.45, 7) is 18.7. The van der Waals surface area contributed by atoms with Crippen LogP contribution in [0.2, 0.25) is 0 Å². The SMILES string of the molecule is CCC1CCC(CC)(C(OC)Oc2ccc(C(CC(C)(C)C)C(C)(C)C)cc2)C1. The van der Waals surface area contributed by atoms with Crippen LogP contribution in [-0.4, -0.2) is 13.4 Å². The van der Waals surface area contributed by atoms with E-state index in [2.05, 4.69) is 79.7 Å². The Morgan fingerprint density at radius 3 is 2.07 bits per heavy atom. The summed E-state index contributed by atoms with van der Waals surface area (Å²) in [6, 6.07) is 8.84. The van der Waals surface area contributed by atoms with Gasteiger partial charge in [0.15, 0.2) is 0 Å². The summed E-state index contributed by atoms with van der Waals surface area (Å²) in [5.41, 5.74) is 2.09. The molecule has 1 fully saturated rings. The highest BCUT2D eigenvalue weighted by molar-refractivity contribution is 5.31. The van der Waals surface area contributed by atoms with E-state index in [1.54, 1.807) is 7.11 Å². The van der Waals surface area contributed by atoms with Crippen LogP contribution in [0.5, 0.6) is 5.75 Å². The molecule has 0 N–H and O–H groups in total. The van der Waals surface area contributed by atoms with Crippen molar-refractivity contribution in [3.63, 3.8) is 0 Å². The average Bonchev–Trinajstić information content (AvgIpc) is 3.08. The Hall–Kier alpha value is -1.02. The van der Waals surface area contributed by atoms with Crippen LogP contribution in [0.15, 0.2) is 24.3 Å². The molecule has 1 aliphatic carbocycles. The normalized spacial score (nSPS) is 25.1. The van der Waals surface area contributed by atoms with Crippen LogP contribution in [-0.2, 0) is 4.74 Å². The molecule has 0 saturated heterocycles. The molecule has 4 atom stereocenters. The van der Waals surface area contributed by atoms with Gasteiger partial charge in [0.05, 0.1) is 0 Å². The van der Waals surface area contributed by atoms with Crippen molar-refractivity contribution < 1.29 is 9.47 Å². The molecule has 0 spiro atoms. The number of ether oxygens (including phenoxy) is 2. The zero-order valence-corrected chi connectivity index (χ0v) is 20.6. The van der Waals surface area contributed by atoms with Gasteiger partial charge in [-0.2, -0.15) is 0 Å². The quantitative estimate of drug-likeness (QED) is 0.408. The van der Waals surface area contributed by atoms with E-state index < -0.39 is 0 Å². The van der Waals surface area contributed by atoms with Crippen molar-refractivity contribution in [1.82, 2.24) is 0 Å². The summed E-state index contributed by atoms with van der Waals surface area (Å²) in [7, 11) is 1.80. The van der Waals surface area contributed by atoms with Crippen molar-refractivity contribution in [3.05, 3.63) is 29.8 Å². The van der Waals surface area contributed by atoms with E-state index in [4.69, 9.17) is 9.47 Å². The molecule has 166 valence electrons. The van der Waals surface area contributed by atoms with Crippen molar-refractivity contribution in [2.45, 2.75) is 106 Å². The minimum absolute atomic E-state index is 0.147. The van der Waals surface area contributed by atoms with Crippen molar-refractivity contribution >= 4 is 0 Å². The Morgan fingerprint density at radius 1 is 1.03 bits per heavy atom. The van der Waals surface area contributed by atoms with E-state index in [1.165, 1.54) is 37.7 Å². The lowest BCUT2D eigenvalue weighted by Crippen LogP contribution is -2.38. The largest absolute Gasteiger partial charge is 0.464 e. The lowest BCUT2D eigenvalue weighted by Gasteiger charge is -2.37. The smallest absolute Gasteiger partial charge is 0.205 e. The molecule has 1 aliphatic rings. The van der Waals surface area contributed by atoms with Crippen molar-refractivity contribution in [2.24, 2.45) is 22.2 Å². The molecule has 0 amide bonds. The molecule has 0 radical (unpaired) electrons. The van der Waals surface area contributed by atoms with Crippen LogP contribution in [0.1, 0.15) is 105 Å². The number of rotatable bonds is 8. The summed E-state index contributed by atoms with van der Waals surface area (Å²) in [4.78, 5) is 0. The minimum Gasteiger partial charge on any atom is -0.464 e. The third kappa shape index (κ3) is 6.23. The summed E-state index contributed by atoms with van der Waals surface area (Å²) in [6.07, 6.45) is 7.10. The molecular formula is C27H46O2. The van der Waals surface area contributed by atoms with Gasteiger partial charge < -0.3 is 9.47 Å². The van der Waals surface area contributed by atoms with Gasteiger partial charge in [0, 0.05) is 12.5 Å². The highest BCUT2D eigenvalue weighted by atomic mass is 16.7. The molecule has 2 heteroatoms. The highest BCUT2D eigenvalue weighted by Crippen LogP contribution is 2.49. The minimum atomic E-state index is -0.164. The van der Waals surface area contributed by atoms with Crippen molar-refractivity contribution in [1.29, 1.82) is 0 Å². The molecule has 1 aromatic rings. The summed E-state index contributed by atoms with van der Waals surface area (Å²) in [5.74, 6) is 2.26. The molecule has 0 bridgehead atoms. The Morgan fingerprint density at radius 2 is 1.66 bits per heavy atom. The molecule has 2 nitrogen and oxygen atoms in total. The van der Waals surface area contributed by atoms with Crippen LogP contribution < -0.4 is 4.74 Å². The predicted octanol–water partition coefficient (Wildman–Crippen LogP) is 8.21. The second-order valence-corrected chi connectivity index (χ2v) is 11.7. The lowest BCUT2D eigenvalue weighted by atomic mass is 9.69. The fraction of sp³-hybridized carbons (Fsp3) is 0.778. The summed E-state index contributed by atoms with van der Waals surface area (Å²) in [5, 5.41) is 0. The first-order valence-corrected chi connectivity index (χ1v) is 11.7. The van der Waals surface area contributed by atoms with Gasteiger partial charge in [-0.15, -0.1) is 0 Å². The van der Waals surface area contributed by atoms with Crippen molar-refractivity contribution in [3.8, 4) is 5.75 Å². The van der Waals surface area contributed by atoms with Crippen LogP contribution in [0.4, 0.5) is 0 Å². The first-order chi connectivity index (χ1) is 13.4. The van der Waals surface area contributed by atoms with Gasteiger partial charge in [0.2, 0.25) is 6.29 Å². The number of hydrogen-bond acceptors (Lipinski definition) is 2. The number of methoxy groups -OCH3 is 1. The molecule has 1 saturated carbocycles. The van der Waals surface area contributed by atoms with E-state index in [-0.39, 0.29) is 17.1 Å². The zero-order chi connectivity index (χ0) is 21.9. The van der Waals surface area contributed by atoms with Gasteiger partial charge in [0.1, 0.15) is 5.75 Å². The fourth-order valence-electron chi connectivity index (χ4n) is 5.18.